The van der Waals surface area contributed by atoms with E-state index in [9.17, 15) is 4.79 Å². The highest BCUT2D eigenvalue weighted by Gasteiger charge is 2.25. The van der Waals surface area contributed by atoms with Crippen molar-refractivity contribution in [3.05, 3.63) is 75.8 Å². The summed E-state index contributed by atoms with van der Waals surface area (Å²) in [6.45, 7) is 0.493. The summed E-state index contributed by atoms with van der Waals surface area (Å²) in [4.78, 5) is 22.1. The zero-order valence-electron chi connectivity index (χ0n) is 20.4. The number of benzene rings is 2. The van der Waals surface area contributed by atoms with Crippen LogP contribution in [-0.2, 0) is 4.74 Å². The van der Waals surface area contributed by atoms with Crippen LogP contribution in [0.5, 0.6) is 0 Å². The second-order valence-corrected chi connectivity index (χ2v) is 9.99. The first-order valence-electron chi connectivity index (χ1n) is 12.1. The monoisotopic (exact) mass is 555 g/mol. The highest BCUT2D eigenvalue weighted by molar-refractivity contribution is 9.10. The van der Waals surface area contributed by atoms with E-state index >= 15 is 4.39 Å². The predicted molar refractivity (Wildman–Crippen MR) is 142 cm³/mol. The lowest BCUT2D eigenvalue weighted by atomic mass is 9.85. The van der Waals surface area contributed by atoms with Gasteiger partial charge in [-0.2, -0.15) is 0 Å². The summed E-state index contributed by atoms with van der Waals surface area (Å²) < 4.78 is 21.5. The smallest absolute Gasteiger partial charge is 0.254 e. The van der Waals surface area contributed by atoms with Crippen LogP contribution in [0.2, 0.25) is 0 Å². The van der Waals surface area contributed by atoms with Crippen LogP contribution in [0.4, 0.5) is 10.2 Å². The third-order valence-electron chi connectivity index (χ3n) is 6.70. The van der Waals surface area contributed by atoms with E-state index in [0.29, 0.717) is 17.8 Å². The number of nitrogens with two attached hydrogens (primary N) is 1. The largest absolute Gasteiger partial charge is 0.382 e. The Kier molecular flexibility index (Phi) is 8.66. The molecule has 1 unspecified atom stereocenters. The molecule has 0 aliphatic heterocycles. The van der Waals surface area contributed by atoms with E-state index in [1.165, 1.54) is 12.1 Å². The number of ether oxygens (including phenoxy) is 1. The number of carbonyl (C=O) groups excluding carboxylic acids is 1. The average molecular weight is 556 g/mol. The second-order valence-electron chi connectivity index (χ2n) is 9.07. The van der Waals surface area contributed by atoms with Crippen LogP contribution >= 0.6 is 15.9 Å². The molecule has 1 heterocycles. The van der Waals surface area contributed by atoms with Gasteiger partial charge in [-0.05, 0) is 62.6 Å². The Morgan fingerprint density at radius 3 is 2.67 bits per heavy atom. The van der Waals surface area contributed by atoms with E-state index in [4.69, 9.17) is 15.5 Å². The molecule has 4 rings (SSSR count). The van der Waals surface area contributed by atoms with Gasteiger partial charge in [-0.25, -0.2) is 14.4 Å². The van der Waals surface area contributed by atoms with Gasteiger partial charge in [0.25, 0.3) is 5.91 Å². The first-order chi connectivity index (χ1) is 17.4. The Balaban J connectivity index is 1.54. The molecule has 1 atom stereocenters. The van der Waals surface area contributed by atoms with Gasteiger partial charge < -0.3 is 21.1 Å². The molecule has 1 amide bonds. The van der Waals surface area contributed by atoms with E-state index in [-0.39, 0.29) is 29.4 Å². The molecule has 0 spiro atoms. The van der Waals surface area contributed by atoms with Gasteiger partial charge in [0.15, 0.2) is 0 Å². The van der Waals surface area contributed by atoms with E-state index in [1.54, 1.807) is 26.4 Å². The zero-order valence-corrected chi connectivity index (χ0v) is 22.0. The van der Waals surface area contributed by atoms with Crippen LogP contribution in [-0.4, -0.2) is 42.7 Å². The minimum atomic E-state index is -0.644. The van der Waals surface area contributed by atoms with Crippen molar-refractivity contribution in [2.75, 3.05) is 26.4 Å². The molecule has 1 aliphatic rings. The lowest BCUT2D eigenvalue weighted by Gasteiger charge is -2.27. The van der Waals surface area contributed by atoms with Crippen LogP contribution in [0, 0.1) is 5.82 Å². The van der Waals surface area contributed by atoms with Crippen LogP contribution in [0.3, 0.4) is 0 Å². The van der Waals surface area contributed by atoms with Crippen molar-refractivity contribution in [1.29, 1.82) is 0 Å². The summed E-state index contributed by atoms with van der Waals surface area (Å²) in [6.07, 6.45) is 5.83. The van der Waals surface area contributed by atoms with Crippen molar-refractivity contribution >= 4 is 27.7 Å². The van der Waals surface area contributed by atoms with Crippen LogP contribution in [0.15, 0.2) is 53.1 Å². The number of halogens is 2. The Morgan fingerprint density at radius 2 is 2.00 bits per heavy atom. The van der Waals surface area contributed by atoms with Crippen LogP contribution in [0.25, 0.3) is 11.3 Å². The van der Waals surface area contributed by atoms with Gasteiger partial charge in [0.2, 0.25) is 0 Å². The molecule has 7 nitrogen and oxygen atoms in total. The number of nitrogens with one attached hydrogen (secondary N) is 2. The molecule has 36 heavy (non-hydrogen) atoms. The van der Waals surface area contributed by atoms with Crippen molar-refractivity contribution in [1.82, 2.24) is 20.6 Å². The SMILES string of the molecule is CNCC(NC(=O)c1ccc(-c2nc([C@H]3CC[C@H](OC)CC3)cnc2N)cc1F)c1cccc(Br)c1. The molecule has 0 saturated heterocycles. The Morgan fingerprint density at radius 1 is 1.22 bits per heavy atom. The van der Waals surface area contributed by atoms with Crippen molar-refractivity contribution in [2.24, 2.45) is 0 Å². The van der Waals surface area contributed by atoms with Gasteiger partial charge in [0, 0.05) is 29.6 Å². The number of likely N-dealkylation sites (N-methyl/N-ethyl adjacent to an activating group) is 1. The molecule has 1 aliphatic carbocycles. The second kappa shape index (κ2) is 11.9. The van der Waals surface area contributed by atoms with Crippen molar-refractivity contribution in [3.63, 3.8) is 0 Å². The summed E-state index contributed by atoms with van der Waals surface area (Å²) in [6, 6.07) is 11.8. The van der Waals surface area contributed by atoms with E-state index in [0.717, 1.165) is 41.4 Å². The van der Waals surface area contributed by atoms with Gasteiger partial charge in [0.1, 0.15) is 17.3 Å². The first kappa shape index (κ1) is 26.2. The average Bonchev–Trinajstić information content (AvgIpc) is 2.88. The molecular weight excluding hydrogens is 525 g/mol. The van der Waals surface area contributed by atoms with Crippen LogP contribution < -0.4 is 16.4 Å². The van der Waals surface area contributed by atoms with Gasteiger partial charge >= 0.3 is 0 Å². The molecule has 3 aromatic rings. The van der Waals surface area contributed by atoms with Gasteiger partial charge in [-0.3, -0.25) is 4.79 Å². The number of nitrogen functional groups attached to an aromatic ring is 1. The standard InChI is InChI=1S/C27H31BrFN5O2/c1-31-14-23(17-4-3-5-19(28)12-17)34-27(35)21-11-8-18(13-22(21)29)25-26(30)32-15-24(33-25)16-6-9-20(36-2)10-7-16/h3-5,8,11-13,15-16,20,23,31H,6-7,9-10,14H2,1-2H3,(H2,30,32)(H,34,35)/t16-,20-,23?. The number of aromatic nitrogens is 2. The lowest BCUT2D eigenvalue weighted by Crippen LogP contribution is -2.35. The van der Waals surface area contributed by atoms with Gasteiger partial charge in [0.05, 0.1) is 29.6 Å². The molecular formula is C27H31BrFN5O2. The van der Waals surface area contributed by atoms with Crippen molar-refractivity contribution in [3.8, 4) is 11.3 Å². The predicted octanol–water partition coefficient (Wildman–Crippen LogP) is 4.99. The first-order valence-corrected chi connectivity index (χ1v) is 12.8. The number of hydrogen-bond acceptors (Lipinski definition) is 6. The fourth-order valence-electron chi connectivity index (χ4n) is 4.68. The number of rotatable bonds is 8. The Bertz CT molecular complexity index is 1220. The van der Waals surface area contributed by atoms with Crippen molar-refractivity contribution in [2.45, 2.75) is 43.7 Å². The molecule has 1 saturated carbocycles. The topological polar surface area (TPSA) is 102 Å². The number of anilines is 1. The number of hydrogen-bond donors (Lipinski definition) is 3. The minimum Gasteiger partial charge on any atom is -0.382 e. The lowest BCUT2D eigenvalue weighted by molar-refractivity contribution is 0.0655. The molecule has 0 bridgehead atoms. The number of amides is 1. The van der Waals surface area contributed by atoms with E-state index < -0.39 is 11.7 Å². The number of nitrogens with zero attached hydrogens (tertiary/aromatic N) is 2. The van der Waals surface area contributed by atoms with E-state index in [1.807, 2.05) is 24.3 Å². The Labute approximate surface area is 219 Å². The summed E-state index contributed by atoms with van der Waals surface area (Å²) in [7, 11) is 3.54. The quantitative estimate of drug-likeness (QED) is 0.362. The summed E-state index contributed by atoms with van der Waals surface area (Å²) >= 11 is 3.46. The zero-order chi connectivity index (χ0) is 25.7. The molecule has 190 valence electrons. The Hall–Kier alpha value is -2.88. The highest BCUT2D eigenvalue weighted by Crippen LogP contribution is 2.34. The number of methoxy groups -OCH3 is 1. The molecule has 2 aromatic carbocycles. The van der Waals surface area contributed by atoms with Crippen LogP contribution in [0.1, 0.15) is 59.3 Å². The fraction of sp³-hybridized carbons (Fsp3) is 0.370. The van der Waals surface area contributed by atoms with Gasteiger partial charge in [-0.1, -0.05) is 34.1 Å². The van der Waals surface area contributed by atoms with E-state index in [2.05, 4.69) is 31.5 Å². The highest BCUT2D eigenvalue weighted by atomic mass is 79.9. The maximum Gasteiger partial charge on any atom is 0.254 e. The number of carbonyl (C=O) groups is 1. The molecule has 1 aromatic heterocycles. The summed E-state index contributed by atoms with van der Waals surface area (Å²) in [5, 5.41) is 6.00. The fourth-order valence-corrected chi connectivity index (χ4v) is 5.09. The maximum atomic E-state index is 15.2. The summed E-state index contributed by atoms with van der Waals surface area (Å²) in [5.41, 5.74) is 8.73. The van der Waals surface area contributed by atoms with Gasteiger partial charge in [-0.15, -0.1) is 0 Å². The third kappa shape index (κ3) is 6.08. The summed E-state index contributed by atoms with van der Waals surface area (Å²) in [5.74, 6) is -0.651. The normalized spacial score (nSPS) is 18.6. The third-order valence-corrected chi connectivity index (χ3v) is 7.19. The van der Waals surface area contributed by atoms with Crippen molar-refractivity contribution < 1.29 is 13.9 Å². The minimum absolute atomic E-state index is 0.0459. The molecule has 4 N–H and O–H groups in total. The maximum absolute atomic E-state index is 15.2. The molecule has 0 radical (unpaired) electrons. The molecule has 9 heteroatoms. The molecule has 1 fully saturated rings.